The molecule has 0 radical (unpaired) electrons. The third-order valence-corrected chi connectivity index (χ3v) is 6.16. The molecule has 2 aromatic carbocycles. The number of aliphatic hydroxyl groups is 1. The van der Waals surface area contributed by atoms with Crippen molar-refractivity contribution < 1.29 is 14.6 Å². The highest BCUT2D eigenvalue weighted by Gasteiger charge is 2.53. The summed E-state index contributed by atoms with van der Waals surface area (Å²) in [4.78, 5) is 14.4. The number of rotatable bonds is 5. The van der Waals surface area contributed by atoms with Gasteiger partial charge in [0.25, 0.3) is 0 Å². The molecule has 1 saturated heterocycles. The maximum Gasteiger partial charge on any atom is 0.227 e. The Morgan fingerprint density at radius 1 is 1.18 bits per heavy atom. The second kappa shape index (κ2) is 7.65. The third-order valence-electron chi connectivity index (χ3n) is 6.16. The van der Waals surface area contributed by atoms with Crippen molar-refractivity contribution in [1.29, 1.82) is 5.26 Å². The number of carbonyl (C=O) groups is 1. The van der Waals surface area contributed by atoms with Crippen LogP contribution in [-0.2, 0) is 4.79 Å². The number of nitrogens with zero attached hydrogens (tertiary/aromatic N) is 2. The van der Waals surface area contributed by atoms with Gasteiger partial charge in [-0.1, -0.05) is 48.9 Å². The minimum Gasteiger partial charge on any atom is -0.496 e. The number of methoxy groups -OCH3 is 1. The Morgan fingerprint density at radius 2 is 1.86 bits per heavy atom. The number of ether oxygens (including phenoxy) is 1. The van der Waals surface area contributed by atoms with Crippen LogP contribution in [-0.4, -0.2) is 41.7 Å². The van der Waals surface area contributed by atoms with Crippen molar-refractivity contribution in [3.05, 3.63) is 54.1 Å². The van der Waals surface area contributed by atoms with Gasteiger partial charge >= 0.3 is 0 Å². The number of carbonyl (C=O) groups excluding carboxylic acids is 1. The summed E-state index contributed by atoms with van der Waals surface area (Å²) in [5.74, 6) is 0.559. The standard InChI is InChI=1S/C23H24N2O3/c1-28-21-12-5-4-10-17(21)16-9-2-3-11-18(16)22-19(13-24)25(20(22)14-26)23(27)15-7-6-8-15/h2-5,9-12,15,19-20,22,26H,6-8,14H2,1H3/t19-,20+,22+/m0/s1. The highest BCUT2D eigenvalue weighted by molar-refractivity contribution is 5.83. The lowest BCUT2D eigenvalue weighted by Crippen LogP contribution is -2.66. The number of aliphatic hydroxyl groups excluding tert-OH is 1. The van der Waals surface area contributed by atoms with E-state index in [0.717, 1.165) is 41.7 Å². The van der Waals surface area contributed by atoms with E-state index in [1.54, 1.807) is 12.0 Å². The van der Waals surface area contributed by atoms with E-state index in [4.69, 9.17) is 4.74 Å². The van der Waals surface area contributed by atoms with E-state index in [9.17, 15) is 15.2 Å². The predicted octanol–water partition coefficient (Wildman–Crippen LogP) is 3.34. The number of likely N-dealkylation sites (tertiary alicyclic amines) is 1. The highest BCUT2D eigenvalue weighted by atomic mass is 16.5. The zero-order valence-electron chi connectivity index (χ0n) is 15.9. The first-order chi connectivity index (χ1) is 13.7. The molecule has 0 aromatic heterocycles. The molecular formula is C23H24N2O3. The Labute approximate surface area is 165 Å². The molecule has 4 rings (SSSR count). The number of amides is 1. The molecular weight excluding hydrogens is 352 g/mol. The van der Waals surface area contributed by atoms with E-state index in [2.05, 4.69) is 6.07 Å². The summed E-state index contributed by atoms with van der Waals surface area (Å²) < 4.78 is 5.53. The lowest BCUT2D eigenvalue weighted by Gasteiger charge is -2.53. The summed E-state index contributed by atoms with van der Waals surface area (Å²) in [6.45, 7) is -0.151. The second-order valence-electron chi connectivity index (χ2n) is 7.51. The fraction of sp³-hybridized carbons (Fsp3) is 0.391. The SMILES string of the molecule is COc1ccccc1-c1ccccc1[C@H]1[C@@H](CO)N(C(=O)C2CCC2)[C@H]1C#N. The van der Waals surface area contributed by atoms with Crippen LogP contribution >= 0.6 is 0 Å². The van der Waals surface area contributed by atoms with Crippen LogP contribution in [0.5, 0.6) is 5.75 Å². The summed E-state index contributed by atoms with van der Waals surface area (Å²) in [6, 6.07) is 17.1. The summed E-state index contributed by atoms with van der Waals surface area (Å²) in [7, 11) is 1.64. The molecule has 1 aliphatic carbocycles. The summed E-state index contributed by atoms with van der Waals surface area (Å²) in [5, 5.41) is 19.9. The molecule has 2 fully saturated rings. The van der Waals surface area contributed by atoms with Crippen molar-refractivity contribution in [1.82, 2.24) is 4.90 Å². The van der Waals surface area contributed by atoms with Crippen LogP contribution in [0.4, 0.5) is 0 Å². The zero-order valence-corrected chi connectivity index (χ0v) is 15.9. The average molecular weight is 376 g/mol. The van der Waals surface area contributed by atoms with Crippen LogP contribution in [0, 0.1) is 17.2 Å². The molecule has 0 bridgehead atoms. The van der Waals surface area contributed by atoms with E-state index in [0.29, 0.717) is 0 Å². The molecule has 2 aromatic rings. The van der Waals surface area contributed by atoms with Crippen LogP contribution in [0.25, 0.3) is 11.1 Å². The molecule has 144 valence electrons. The summed E-state index contributed by atoms with van der Waals surface area (Å²) in [6.07, 6.45) is 2.83. The van der Waals surface area contributed by atoms with E-state index >= 15 is 0 Å². The Morgan fingerprint density at radius 3 is 2.46 bits per heavy atom. The molecule has 1 heterocycles. The summed E-state index contributed by atoms with van der Waals surface area (Å²) in [5.41, 5.74) is 2.88. The first kappa shape index (κ1) is 18.5. The predicted molar refractivity (Wildman–Crippen MR) is 106 cm³/mol. The minimum atomic E-state index is -0.555. The van der Waals surface area contributed by atoms with E-state index in [1.807, 2.05) is 48.5 Å². The van der Waals surface area contributed by atoms with E-state index < -0.39 is 6.04 Å². The van der Waals surface area contributed by atoms with Gasteiger partial charge in [0.15, 0.2) is 0 Å². The fourth-order valence-corrected chi connectivity index (χ4v) is 4.45. The largest absolute Gasteiger partial charge is 0.496 e. The van der Waals surface area contributed by atoms with Crippen molar-refractivity contribution in [3.63, 3.8) is 0 Å². The van der Waals surface area contributed by atoms with Crippen molar-refractivity contribution >= 4 is 5.91 Å². The molecule has 0 spiro atoms. The first-order valence-corrected chi connectivity index (χ1v) is 9.76. The van der Waals surface area contributed by atoms with Gasteiger partial charge in [-0.2, -0.15) is 5.26 Å². The average Bonchev–Trinajstić information content (AvgIpc) is 2.67. The highest BCUT2D eigenvalue weighted by Crippen LogP contribution is 2.47. The number of nitriles is 1. The van der Waals surface area contributed by atoms with Crippen molar-refractivity contribution in [3.8, 4) is 22.9 Å². The molecule has 5 nitrogen and oxygen atoms in total. The van der Waals surface area contributed by atoms with Crippen molar-refractivity contribution in [2.75, 3.05) is 13.7 Å². The lowest BCUT2D eigenvalue weighted by molar-refractivity contribution is -0.154. The van der Waals surface area contributed by atoms with Gasteiger partial charge in [0, 0.05) is 17.4 Å². The van der Waals surface area contributed by atoms with Gasteiger partial charge in [-0.3, -0.25) is 4.79 Å². The quantitative estimate of drug-likeness (QED) is 0.869. The number of hydrogen-bond donors (Lipinski definition) is 1. The topological polar surface area (TPSA) is 73.6 Å². The van der Waals surface area contributed by atoms with Gasteiger partial charge in [-0.15, -0.1) is 0 Å². The van der Waals surface area contributed by atoms with E-state index in [1.165, 1.54) is 0 Å². The maximum atomic E-state index is 12.8. The van der Waals surface area contributed by atoms with Crippen molar-refractivity contribution in [2.24, 2.45) is 5.92 Å². The molecule has 1 N–H and O–H groups in total. The van der Waals surface area contributed by atoms with Crippen molar-refractivity contribution in [2.45, 2.75) is 37.3 Å². The van der Waals surface area contributed by atoms with Gasteiger partial charge in [0.1, 0.15) is 11.8 Å². The smallest absolute Gasteiger partial charge is 0.227 e. The van der Waals surface area contributed by atoms with Crippen LogP contribution in [0.2, 0.25) is 0 Å². The van der Waals surface area contributed by atoms with Gasteiger partial charge in [0.2, 0.25) is 5.91 Å². The molecule has 3 atom stereocenters. The Balaban J connectivity index is 1.73. The van der Waals surface area contributed by atoms with Gasteiger partial charge < -0.3 is 14.7 Å². The monoisotopic (exact) mass is 376 g/mol. The molecule has 1 aliphatic heterocycles. The van der Waals surface area contributed by atoms with Crippen LogP contribution in [0.1, 0.15) is 30.7 Å². The Bertz CT molecular complexity index is 916. The van der Waals surface area contributed by atoms with E-state index in [-0.39, 0.29) is 30.4 Å². The number of benzene rings is 2. The Kier molecular flexibility index (Phi) is 5.06. The molecule has 1 amide bonds. The van der Waals surface area contributed by atoms with Gasteiger partial charge in [-0.25, -0.2) is 0 Å². The normalized spacial score (nSPS) is 24.0. The third kappa shape index (κ3) is 2.85. The molecule has 0 unspecified atom stereocenters. The maximum absolute atomic E-state index is 12.8. The minimum absolute atomic E-state index is 0.00955. The molecule has 1 saturated carbocycles. The van der Waals surface area contributed by atoms with Crippen LogP contribution in [0.15, 0.2) is 48.5 Å². The summed E-state index contributed by atoms with van der Waals surface area (Å²) >= 11 is 0. The number of para-hydroxylation sites is 1. The Hall–Kier alpha value is -2.84. The first-order valence-electron chi connectivity index (χ1n) is 9.76. The zero-order chi connectivity index (χ0) is 19.7. The second-order valence-corrected chi connectivity index (χ2v) is 7.51. The lowest BCUT2D eigenvalue weighted by atomic mass is 9.71. The molecule has 2 aliphatic rings. The molecule has 5 heteroatoms. The van der Waals surface area contributed by atoms with Crippen LogP contribution < -0.4 is 4.74 Å². The van der Waals surface area contributed by atoms with Gasteiger partial charge in [0.05, 0.1) is 25.8 Å². The van der Waals surface area contributed by atoms with Crippen LogP contribution in [0.3, 0.4) is 0 Å². The van der Waals surface area contributed by atoms with Gasteiger partial charge in [-0.05, 0) is 30.0 Å². The fourth-order valence-electron chi connectivity index (χ4n) is 4.45. The number of hydrogen-bond acceptors (Lipinski definition) is 4. The molecule has 28 heavy (non-hydrogen) atoms.